The number of halogens is 6. The van der Waals surface area contributed by atoms with Crippen molar-refractivity contribution in [1.82, 2.24) is 9.97 Å². The molecule has 0 radical (unpaired) electrons. The second kappa shape index (κ2) is 9.96. The first-order chi connectivity index (χ1) is 17.4. The predicted octanol–water partition coefficient (Wildman–Crippen LogP) is 6.81. The number of anilines is 3. The van der Waals surface area contributed by atoms with Crippen LogP contribution in [0.5, 0.6) is 0 Å². The summed E-state index contributed by atoms with van der Waals surface area (Å²) in [5.41, 5.74) is -1.68. The Kier molecular flexibility index (Phi) is 6.92. The van der Waals surface area contributed by atoms with Gasteiger partial charge in [-0.15, -0.1) is 0 Å². The van der Waals surface area contributed by atoms with E-state index < -0.39 is 36.0 Å². The summed E-state index contributed by atoms with van der Waals surface area (Å²) in [5.74, 6) is -0.189. The standard InChI is InChI=1S/C25H18F6N4O2/c1-37-22(36)15-6-8-18(9-7-15)33-21-19-4-2-3-5-20(19)34-23(35-21)32-13-14-10-16(24(26,27)28)12-17(11-14)25(29,30)31/h2-12H,13H2,1H3,(H2,32,33,34,35). The molecule has 0 aliphatic heterocycles. The molecule has 1 aromatic heterocycles. The van der Waals surface area contributed by atoms with Gasteiger partial charge in [0.15, 0.2) is 0 Å². The zero-order valence-corrected chi connectivity index (χ0v) is 19.0. The van der Waals surface area contributed by atoms with E-state index >= 15 is 0 Å². The van der Waals surface area contributed by atoms with E-state index in [4.69, 9.17) is 0 Å². The molecule has 37 heavy (non-hydrogen) atoms. The highest BCUT2D eigenvalue weighted by Crippen LogP contribution is 2.36. The van der Waals surface area contributed by atoms with Crippen LogP contribution in [0.4, 0.5) is 43.8 Å². The molecule has 3 aromatic carbocycles. The monoisotopic (exact) mass is 520 g/mol. The molecule has 0 atom stereocenters. The van der Waals surface area contributed by atoms with Crippen LogP contribution in [-0.2, 0) is 23.6 Å². The molecule has 2 N–H and O–H groups in total. The molecule has 12 heteroatoms. The van der Waals surface area contributed by atoms with Crippen LogP contribution >= 0.6 is 0 Å². The molecule has 6 nitrogen and oxygen atoms in total. The Labute approximate surface area is 206 Å². The summed E-state index contributed by atoms with van der Waals surface area (Å²) in [6, 6.07) is 14.6. The maximum absolute atomic E-state index is 13.2. The summed E-state index contributed by atoms with van der Waals surface area (Å²) >= 11 is 0. The number of fused-ring (bicyclic) bond motifs is 1. The summed E-state index contributed by atoms with van der Waals surface area (Å²) < 4.78 is 83.7. The van der Waals surface area contributed by atoms with E-state index in [2.05, 4.69) is 25.3 Å². The molecule has 0 aliphatic carbocycles. The molecule has 1 heterocycles. The molecular formula is C25H18F6N4O2. The van der Waals surface area contributed by atoms with E-state index in [1.165, 1.54) is 7.11 Å². The minimum absolute atomic E-state index is 0.0154. The molecule has 0 amide bonds. The number of methoxy groups -OCH3 is 1. The van der Waals surface area contributed by atoms with Crippen molar-refractivity contribution in [2.75, 3.05) is 17.7 Å². The minimum Gasteiger partial charge on any atom is -0.465 e. The average molecular weight is 520 g/mol. The normalized spacial score (nSPS) is 11.9. The van der Waals surface area contributed by atoms with E-state index in [9.17, 15) is 31.1 Å². The Hall–Kier alpha value is -4.35. The van der Waals surface area contributed by atoms with Crippen LogP contribution in [0.1, 0.15) is 27.0 Å². The van der Waals surface area contributed by atoms with Crippen LogP contribution in [0, 0.1) is 0 Å². The Balaban J connectivity index is 1.63. The van der Waals surface area contributed by atoms with Gasteiger partial charge in [0.25, 0.3) is 0 Å². The van der Waals surface area contributed by atoms with Gasteiger partial charge in [0.2, 0.25) is 5.95 Å². The van der Waals surface area contributed by atoms with Gasteiger partial charge >= 0.3 is 18.3 Å². The third-order valence-corrected chi connectivity index (χ3v) is 5.27. The Morgan fingerprint density at radius 1 is 0.865 bits per heavy atom. The fourth-order valence-electron chi connectivity index (χ4n) is 3.50. The molecule has 192 valence electrons. The van der Waals surface area contributed by atoms with Gasteiger partial charge in [-0.1, -0.05) is 12.1 Å². The molecule has 0 saturated heterocycles. The number of hydrogen-bond donors (Lipinski definition) is 2. The number of aromatic nitrogens is 2. The quantitative estimate of drug-likeness (QED) is 0.215. The fourth-order valence-corrected chi connectivity index (χ4v) is 3.50. The van der Waals surface area contributed by atoms with Crippen molar-refractivity contribution < 1.29 is 35.9 Å². The van der Waals surface area contributed by atoms with Crippen LogP contribution in [0.2, 0.25) is 0 Å². The number of esters is 1. The molecule has 0 fully saturated rings. The molecule has 0 unspecified atom stereocenters. The predicted molar refractivity (Wildman–Crippen MR) is 124 cm³/mol. The second-order valence-electron chi connectivity index (χ2n) is 7.87. The van der Waals surface area contributed by atoms with Crippen LogP contribution in [-0.4, -0.2) is 23.0 Å². The summed E-state index contributed by atoms with van der Waals surface area (Å²) in [5, 5.41) is 6.41. The maximum atomic E-state index is 13.2. The molecule has 4 rings (SSSR count). The van der Waals surface area contributed by atoms with Crippen molar-refractivity contribution in [1.29, 1.82) is 0 Å². The lowest BCUT2D eigenvalue weighted by molar-refractivity contribution is -0.143. The van der Waals surface area contributed by atoms with Crippen molar-refractivity contribution in [3.63, 3.8) is 0 Å². The zero-order chi connectivity index (χ0) is 26.8. The van der Waals surface area contributed by atoms with Gasteiger partial charge in [0, 0.05) is 17.6 Å². The number of ether oxygens (including phenoxy) is 1. The topological polar surface area (TPSA) is 76.1 Å². The number of benzene rings is 3. The number of alkyl halides is 6. The van der Waals surface area contributed by atoms with Crippen molar-refractivity contribution in [3.05, 3.63) is 89.0 Å². The smallest absolute Gasteiger partial charge is 0.416 e. The highest BCUT2D eigenvalue weighted by molar-refractivity contribution is 5.92. The van der Waals surface area contributed by atoms with Crippen LogP contribution in [0.3, 0.4) is 0 Å². The lowest BCUT2D eigenvalue weighted by atomic mass is 10.0. The van der Waals surface area contributed by atoms with E-state index in [1.54, 1.807) is 48.5 Å². The Morgan fingerprint density at radius 2 is 1.49 bits per heavy atom. The van der Waals surface area contributed by atoms with Crippen LogP contribution in [0.25, 0.3) is 10.9 Å². The van der Waals surface area contributed by atoms with E-state index in [1.807, 2.05) is 0 Å². The zero-order valence-electron chi connectivity index (χ0n) is 19.0. The summed E-state index contributed by atoms with van der Waals surface area (Å²) in [6.45, 7) is -0.390. The number of rotatable bonds is 6. The first-order valence-corrected chi connectivity index (χ1v) is 10.7. The molecule has 0 saturated carbocycles. The van der Waals surface area contributed by atoms with Crippen molar-refractivity contribution in [3.8, 4) is 0 Å². The fraction of sp³-hybridized carbons (Fsp3) is 0.160. The molecule has 0 spiro atoms. The van der Waals surface area contributed by atoms with Gasteiger partial charge in [-0.3, -0.25) is 0 Å². The van der Waals surface area contributed by atoms with Crippen molar-refractivity contribution in [2.45, 2.75) is 18.9 Å². The van der Waals surface area contributed by atoms with Gasteiger partial charge in [-0.2, -0.15) is 31.3 Å². The number of nitrogens with zero attached hydrogens (tertiary/aromatic N) is 2. The van der Waals surface area contributed by atoms with Gasteiger partial charge in [-0.25, -0.2) is 9.78 Å². The van der Waals surface area contributed by atoms with Gasteiger partial charge in [0.1, 0.15) is 5.82 Å². The van der Waals surface area contributed by atoms with Gasteiger partial charge < -0.3 is 15.4 Å². The summed E-state index contributed by atoms with van der Waals surface area (Å²) in [6.07, 6.45) is -9.90. The van der Waals surface area contributed by atoms with E-state index in [-0.39, 0.29) is 17.6 Å². The highest BCUT2D eigenvalue weighted by atomic mass is 19.4. The molecule has 4 aromatic rings. The summed E-state index contributed by atoms with van der Waals surface area (Å²) in [7, 11) is 1.26. The Morgan fingerprint density at radius 3 is 2.08 bits per heavy atom. The number of hydrogen-bond acceptors (Lipinski definition) is 6. The average Bonchev–Trinajstić information content (AvgIpc) is 2.86. The Bertz CT molecular complexity index is 1400. The van der Waals surface area contributed by atoms with Gasteiger partial charge in [0.05, 0.1) is 29.3 Å². The maximum Gasteiger partial charge on any atom is 0.416 e. The number of carbonyl (C=O) groups is 1. The summed E-state index contributed by atoms with van der Waals surface area (Å²) in [4.78, 5) is 20.3. The highest BCUT2D eigenvalue weighted by Gasteiger charge is 2.36. The lowest BCUT2D eigenvalue weighted by Crippen LogP contribution is -2.13. The van der Waals surface area contributed by atoms with Crippen molar-refractivity contribution in [2.24, 2.45) is 0 Å². The molecule has 0 aliphatic rings. The first-order valence-electron chi connectivity index (χ1n) is 10.7. The van der Waals surface area contributed by atoms with E-state index in [0.29, 0.717) is 40.1 Å². The van der Waals surface area contributed by atoms with E-state index in [0.717, 1.165) is 0 Å². The molecular weight excluding hydrogens is 502 g/mol. The first kappa shape index (κ1) is 25.7. The van der Waals surface area contributed by atoms with Crippen LogP contribution in [0.15, 0.2) is 66.7 Å². The number of para-hydroxylation sites is 1. The number of nitrogens with one attached hydrogen (secondary N) is 2. The number of carbonyl (C=O) groups excluding carboxylic acids is 1. The SMILES string of the molecule is COC(=O)c1ccc(Nc2nc(NCc3cc(C(F)(F)F)cc(C(F)(F)F)c3)nc3ccccc23)cc1. The second-order valence-corrected chi connectivity index (χ2v) is 7.87. The lowest BCUT2D eigenvalue weighted by Gasteiger charge is -2.15. The largest absolute Gasteiger partial charge is 0.465 e. The molecule has 0 bridgehead atoms. The third kappa shape index (κ3) is 6.08. The van der Waals surface area contributed by atoms with Crippen molar-refractivity contribution >= 4 is 34.3 Å². The van der Waals surface area contributed by atoms with Crippen LogP contribution < -0.4 is 10.6 Å². The minimum atomic E-state index is -4.95. The third-order valence-electron chi connectivity index (χ3n) is 5.27. The van der Waals surface area contributed by atoms with Gasteiger partial charge in [-0.05, 0) is 60.2 Å².